The fraction of sp³-hybridized carbons (Fsp3) is 0.733. The number of ether oxygens (including phenoxy) is 1. The van der Waals surface area contributed by atoms with Crippen molar-refractivity contribution in [3.05, 3.63) is 23.2 Å². The molecule has 1 saturated heterocycles. The minimum Gasteiger partial charge on any atom is -0.373 e. The van der Waals surface area contributed by atoms with Crippen LogP contribution in [0.5, 0.6) is 0 Å². The first kappa shape index (κ1) is 13.3. The summed E-state index contributed by atoms with van der Waals surface area (Å²) in [7, 11) is 0. The Labute approximate surface area is 109 Å². The lowest BCUT2D eigenvalue weighted by molar-refractivity contribution is -0.171. The SMILES string of the molecule is [C-]#[N+]C1=C[C@]2(CC)CC[C@H](C)O[C@H]2C(C)(C)C1=O. The Hall–Kier alpha value is -1.14. The zero-order valence-corrected chi connectivity index (χ0v) is 11.6. The van der Waals surface area contributed by atoms with Gasteiger partial charge in [-0.05, 0) is 26.2 Å². The number of carbonyl (C=O) groups is 1. The molecule has 0 spiro atoms. The highest BCUT2D eigenvalue weighted by Gasteiger charge is 2.55. The van der Waals surface area contributed by atoms with E-state index in [1.165, 1.54) is 0 Å². The van der Waals surface area contributed by atoms with E-state index >= 15 is 0 Å². The maximum atomic E-state index is 12.3. The predicted molar refractivity (Wildman–Crippen MR) is 69.8 cm³/mol. The Morgan fingerprint density at radius 2 is 2.22 bits per heavy atom. The van der Waals surface area contributed by atoms with Crippen LogP contribution in [0.2, 0.25) is 0 Å². The molecule has 3 nitrogen and oxygen atoms in total. The average molecular weight is 247 g/mol. The van der Waals surface area contributed by atoms with Crippen LogP contribution in [0.3, 0.4) is 0 Å². The quantitative estimate of drug-likeness (QED) is 0.665. The molecule has 0 aromatic heterocycles. The first-order valence-corrected chi connectivity index (χ1v) is 6.68. The highest BCUT2D eigenvalue weighted by Crippen LogP contribution is 2.52. The summed E-state index contributed by atoms with van der Waals surface area (Å²) in [5.74, 6) is -0.0688. The van der Waals surface area contributed by atoms with Gasteiger partial charge in [-0.15, -0.1) is 0 Å². The van der Waals surface area contributed by atoms with Crippen molar-refractivity contribution in [2.24, 2.45) is 10.8 Å². The van der Waals surface area contributed by atoms with E-state index in [-0.39, 0.29) is 23.4 Å². The van der Waals surface area contributed by atoms with Crippen molar-refractivity contribution in [3.8, 4) is 0 Å². The number of fused-ring (bicyclic) bond motifs is 1. The van der Waals surface area contributed by atoms with Crippen LogP contribution in [-0.4, -0.2) is 18.0 Å². The molecule has 2 rings (SSSR count). The molecule has 1 aliphatic carbocycles. The van der Waals surface area contributed by atoms with Gasteiger partial charge in [0, 0.05) is 10.8 Å². The second kappa shape index (κ2) is 4.20. The number of nitrogens with zero attached hydrogens (tertiary/aromatic N) is 1. The summed E-state index contributed by atoms with van der Waals surface area (Å²) in [6.45, 7) is 15.2. The molecule has 2 aliphatic rings. The summed E-state index contributed by atoms with van der Waals surface area (Å²) in [5.41, 5.74) is -0.431. The van der Waals surface area contributed by atoms with Crippen LogP contribution in [-0.2, 0) is 9.53 Å². The van der Waals surface area contributed by atoms with Crippen molar-refractivity contribution in [2.45, 2.75) is 59.2 Å². The zero-order chi connectivity index (χ0) is 13.6. The number of rotatable bonds is 1. The third-order valence-corrected chi connectivity index (χ3v) is 4.58. The Morgan fingerprint density at radius 3 is 2.78 bits per heavy atom. The molecule has 0 amide bonds. The van der Waals surface area contributed by atoms with Crippen molar-refractivity contribution >= 4 is 5.78 Å². The highest BCUT2D eigenvalue weighted by molar-refractivity contribution is 6.02. The van der Waals surface area contributed by atoms with Crippen molar-refractivity contribution < 1.29 is 9.53 Å². The molecule has 98 valence electrons. The molecule has 0 unspecified atom stereocenters. The summed E-state index contributed by atoms with van der Waals surface area (Å²) in [6, 6.07) is 0. The molecule has 0 aromatic rings. The van der Waals surface area contributed by atoms with E-state index in [0.717, 1.165) is 19.3 Å². The van der Waals surface area contributed by atoms with Gasteiger partial charge in [0.05, 0.1) is 18.8 Å². The molecule has 1 fully saturated rings. The van der Waals surface area contributed by atoms with Gasteiger partial charge in [-0.2, -0.15) is 0 Å². The van der Waals surface area contributed by atoms with Gasteiger partial charge >= 0.3 is 0 Å². The standard InChI is InChI=1S/C15H21NO2/c1-6-15-8-7-10(2)18-13(15)14(3,4)12(17)11(9-15)16-5/h9-10,13H,6-8H2,1-4H3/t10-,13-,15-/m0/s1. The third-order valence-electron chi connectivity index (χ3n) is 4.58. The van der Waals surface area contributed by atoms with Crippen molar-refractivity contribution in [2.75, 3.05) is 0 Å². The molecule has 0 aromatic carbocycles. The largest absolute Gasteiger partial charge is 0.373 e. The molecule has 0 bridgehead atoms. The van der Waals surface area contributed by atoms with Gasteiger partial charge < -0.3 is 9.53 Å². The fourth-order valence-electron chi connectivity index (χ4n) is 3.41. The summed E-state index contributed by atoms with van der Waals surface area (Å²) in [5, 5.41) is 0. The molecule has 18 heavy (non-hydrogen) atoms. The van der Waals surface area contributed by atoms with Crippen LogP contribution >= 0.6 is 0 Å². The average Bonchev–Trinajstić information content (AvgIpc) is 2.35. The van der Waals surface area contributed by atoms with E-state index in [2.05, 4.69) is 18.7 Å². The maximum Gasteiger partial charge on any atom is 0.226 e. The van der Waals surface area contributed by atoms with E-state index < -0.39 is 5.41 Å². The fourth-order valence-corrected chi connectivity index (χ4v) is 3.41. The molecule has 3 atom stereocenters. The topological polar surface area (TPSA) is 30.7 Å². The van der Waals surface area contributed by atoms with E-state index in [9.17, 15) is 4.79 Å². The van der Waals surface area contributed by atoms with Gasteiger partial charge in [0.15, 0.2) is 5.78 Å². The Balaban J connectivity index is 2.55. The van der Waals surface area contributed by atoms with E-state index in [4.69, 9.17) is 11.3 Å². The van der Waals surface area contributed by atoms with Crippen molar-refractivity contribution in [3.63, 3.8) is 0 Å². The number of hydrogen-bond acceptors (Lipinski definition) is 2. The smallest absolute Gasteiger partial charge is 0.226 e. The number of hydrogen-bond donors (Lipinski definition) is 0. The molecule has 3 heteroatoms. The monoisotopic (exact) mass is 247 g/mol. The van der Waals surface area contributed by atoms with Crippen LogP contribution in [0.4, 0.5) is 0 Å². The van der Waals surface area contributed by atoms with Gasteiger partial charge in [-0.1, -0.05) is 26.8 Å². The van der Waals surface area contributed by atoms with Crippen LogP contribution < -0.4 is 0 Å². The summed E-state index contributed by atoms with van der Waals surface area (Å²) >= 11 is 0. The van der Waals surface area contributed by atoms with Gasteiger partial charge in [-0.25, -0.2) is 4.85 Å². The van der Waals surface area contributed by atoms with Gasteiger partial charge in [0.1, 0.15) is 0 Å². The molecule has 0 radical (unpaired) electrons. The van der Waals surface area contributed by atoms with E-state index in [1.807, 2.05) is 19.9 Å². The molecule has 0 saturated carbocycles. The van der Waals surface area contributed by atoms with Gasteiger partial charge in [-0.3, -0.25) is 0 Å². The summed E-state index contributed by atoms with van der Waals surface area (Å²) in [6.07, 6.45) is 4.91. The zero-order valence-electron chi connectivity index (χ0n) is 11.6. The lowest BCUT2D eigenvalue weighted by Crippen LogP contribution is -2.56. The van der Waals surface area contributed by atoms with Crippen molar-refractivity contribution in [1.82, 2.24) is 0 Å². The van der Waals surface area contributed by atoms with Crippen molar-refractivity contribution in [1.29, 1.82) is 0 Å². The Morgan fingerprint density at radius 1 is 1.56 bits per heavy atom. The van der Waals surface area contributed by atoms with Gasteiger partial charge in [0.2, 0.25) is 5.70 Å². The second-order valence-electron chi connectivity index (χ2n) is 6.14. The minimum atomic E-state index is -0.598. The second-order valence-corrected chi connectivity index (χ2v) is 6.14. The third kappa shape index (κ3) is 1.71. The summed E-state index contributed by atoms with van der Waals surface area (Å²) < 4.78 is 6.09. The number of Topliss-reactive ketones (excluding diaryl/α,β-unsaturated/α-hetero) is 1. The number of allylic oxidation sites excluding steroid dienone is 1. The first-order chi connectivity index (χ1) is 8.37. The molecule has 0 N–H and O–H groups in total. The molecule has 1 aliphatic heterocycles. The number of carbonyl (C=O) groups excluding carboxylic acids is 1. The summed E-state index contributed by atoms with van der Waals surface area (Å²) in [4.78, 5) is 15.8. The van der Waals surface area contributed by atoms with Crippen LogP contribution in [0, 0.1) is 17.4 Å². The van der Waals surface area contributed by atoms with E-state index in [1.54, 1.807) is 0 Å². The van der Waals surface area contributed by atoms with Crippen LogP contribution in [0.15, 0.2) is 11.8 Å². The predicted octanol–water partition coefficient (Wildman–Crippen LogP) is 3.36. The van der Waals surface area contributed by atoms with Gasteiger partial charge in [0.25, 0.3) is 0 Å². The lowest BCUT2D eigenvalue weighted by atomic mass is 9.59. The minimum absolute atomic E-state index is 0.0688. The molecular weight excluding hydrogens is 226 g/mol. The first-order valence-electron chi connectivity index (χ1n) is 6.68. The van der Waals surface area contributed by atoms with Crippen LogP contribution in [0.25, 0.3) is 4.85 Å². The number of ketones is 1. The van der Waals surface area contributed by atoms with E-state index in [0.29, 0.717) is 5.70 Å². The Bertz CT molecular complexity index is 444. The molecule has 1 heterocycles. The van der Waals surface area contributed by atoms with Crippen LogP contribution in [0.1, 0.15) is 47.0 Å². The highest BCUT2D eigenvalue weighted by atomic mass is 16.5. The normalized spacial score (nSPS) is 38.6. The molecular formula is C15H21NO2. The lowest BCUT2D eigenvalue weighted by Gasteiger charge is -2.53. The Kier molecular flexibility index (Phi) is 3.11. The maximum absolute atomic E-state index is 12.3.